The fraction of sp³-hybridized carbons (Fsp3) is 0.600. The Bertz CT molecular complexity index is 710. The molecule has 156 valence electrons. The third-order valence-corrected chi connectivity index (χ3v) is 5.31. The van der Waals surface area contributed by atoms with E-state index in [1.54, 1.807) is 39.0 Å². The van der Waals surface area contributed by atoms with Crippen LogP contribution < -0.4 is 10.6 Å². The second-order valence-corrected chi connectivity index (χ2v) is 7.60. The largest absolute Gasteiger partial charge is 0.416 e. The lowest BCUT2D eigenvalue weighted by molar-refractivity contribution is -0.139. The van der Waals surface area contributed by atoms with Gasteiger partial charge in [-0.25, -0.2) is 0 Å². The Kier molecular flexibility index (Phi) is 6.96. The first-order chi connectivity index (χ1) is 13.1. The minimum atomic E-state index is -4.38. The highest BCUT2D eigenvalue weighted by molar-refractivity contribution is 5.85. The minimum Gasteiger partial charge on any atom is -0.355 e. The van der Waals surface area contributed by atoms with E-state index in [0.29, 0.717) is 18.1 Å². The van der Waals surface area contributed by atoms with E-state index in [9.17, 15) is 18.0 Å². The summed E-state index contributed by atoms with van der Waals surface area (Å²) in [7, 11) is 5.11. The summed E-state index contributed by atoms with van der Waals surface area (Å²) in [6.07, 6.45) is -0.729. The molecule has 1 saturated carbocycles. The maximum Gasteiger partial charge on any atom is 0.416 e. The van der Waals surface area contributed by atoms with Gasteiger partial charge >= 0.3 is 6.18 Å². The average Bonchev–Trinajstić information content (AvgIpc) is 3.13. The number of benzene rings is 1. The van der Waals surface area contributed by atoms with Gasteiger partial charge in [0.1, 0.15) is 0 Å². The molecule has 0 saturated heterocycles. The molecule has 0 spiro atoms. The Morgan fingerprint density at radius 3 is 2.46 bits per heavy atom. The molecule has 1 atom stereocenters. The van der Waals surface area contributed by atoms with Crippen LogP contribution in [0.15, 0.2) is 29.3 Å². The highest BCUT2D eigenvalue weighted by atomic mass is 19.4. The molecule has 28 heavy (non-hydrogen) atoms. The van der Waals surface area contributed by atoms with Gasteiger partial charge in [0, 0.05) is 27.7 Å². The van der Waals surface area contributed by atoms with Gasteiger partial charge in [0.15, 0.2) is 5.96 Å². The van der Waals surface area contributed by atoms with Crippen LogP contribution in [0.4, 0.5) is 13.2 Å². The van der Waals surface area contributed by atoms with Crippen molar-refractivity contribution in [3.05, 3.63) is 35.4 Å². The predicted octanol–water partition coefficient (Wildman–Crippen LogP) is 3.58. The summed E-state index contributed by atoms with van der Waals surface area (Å²) in [5.41, 5.74) is -0.624. The number of carbonyl (C=O) groups is 1. The molecule has 0 aromatic heterocycles. The van der Waals surface area contributed by atoms with Crippen molar-refractivity contribution in [2.45, 2.75) is 44.8 Å². The van der Waals surface area contributed by atoms with Crippen LogP contribution >= 0.6 is 0 Å². The number of nitrogens with one attached hydrogen (secondary N) is 2. The zero-order valence-electron chi connectivity index (χ0n) is 16.9. The number of nitrogens with zero attached hydrogens (tertiary/aromatic N) is 2. The smallest absolute Gasteiger partial charge is 0.355 e. The van der Waals surface area contributed by atoms with Gasteiger partial charge in [-0.1, -0.05) is 25.0 Å². The zero-order chi connectivity index (χ0) is 20.9. The summed E-state index contributed by atoms with van der Waals surface area (Å²) in [4.78, 5) is 18.4. The Balaban J connectivity index is 2.05. The number of amides is 1. The summed E-state index contributed by atoms with van der Waals surface area (Å²) in [5, 5.41) is 6.32. The molecule has 0 heterocycles. The van der Waals surface area contributed by atoms with E-state index in [-0.39, 0.29) is 11.9 Å². The third-order valence-electron chi connectivity index (χ3n) is 5.31. The van der Waals surface area contributed by atoms with Crippen LogP contribution in [0.25, 0.3) is 0 Å². The lowest BCUT2D eigenvalue weighted by Gasteiger charge is -2.31. The minimum absolute atomic E-state index is 0.0962. The molecule has 2 N–H and O–H groups in total. The maximum atomic E-state index is 12.9. The van der Waals surface area contributed by atoms with E-state index in [1.807, 2.05) is 0 Å². The molecule has 1 fully saturated rings. The molecule has 1 unspecified atom stereocenters. The first kappa shape index (κ1) is 22.0. The van der Waals surface area contributed by atoms with Crippen molar-refractivity contribution in [2.24, 2.45) is 10.4 Å². The Labute approximate surface area is 164 Å². The van der Waals surface area contributed by atoms with Crippen LogP contribution in [0.1, 0.15) is 49.8 Å². The van der Waals surface area contributed by atoms with Gasteiger partial charge in [-0.05, 0) is 37.5 Å². The zero-order valence-corrected chi connectivity index (χ0v) is 16.9. The van der Waals surface area contributed by atoms with Crippen LogP contribution in [-0.2, 0) is 11.0 Å². The maximum absolute atomic E-state index is 12.9. The number of hydrogen-bond acceptors (Lipinski definition) is 2. The summed E-state index contributed by atoms with van der Waals surface area (Å²) < 4.78 is 38.8. The fourth-order valence-electron chi connectivity index (χ4n) is 3.71. The number of carbonyl (C=O) groups excluding carboxylic acids is 1. The van der Waals surface area contributed by atoms with Gasteiger partial charge in [-0.3, -0.25) is 9.79 Å². The van der Waals surface area contributed by atoms with Crippen molar-refractivity contribution in [1.29, 1.82) is 0 Å². The molecule has 8 heteroatoms. The van der Waals surface area contributed by atoms with Crippen molar-refractivity contribution in [3.63, 3.8) is 0 Å². The Morgan fingerprint density at radius 2 is 1.93 bits per heavy atom. The van der Waals surface area contributed by atoms with Crippen LogP contribution in [0, 0.1) is 5.41 Å². The van der Waals surface area contributed by atoms with Crippen molar-refractivity contribution >= 4 is 11.9 Å². The van der Waals surface area contributed by atoms with Gasteiger partial charge in [0.05, 0.1) is 17.0 Å². The average molecular weight is 398 g/mol. The molecule has 1 aliphatic rings. The van der Waals surface area contributed by atoms with Crippen LogP contribution in [-0.4, -0.2) is 44.5 Å². The van der Waals surface area contributed by atoms with Crippen LogP contribution in [0.5, 0.6) is 0 Å². The molecule has 0 radical (unpaired) electrons. The Morgan fingerprint density at radius 1 is 1.29 bits per heavy atom. The summed E-state index contributed by atoms with van der Waals surface area (Å²) in [6, 6.07) is 4.86. The van der Waals surface area contributed by atoms with Crippen molar-refractivity contribution in [2.75, 3.05) is 27.7 Å². The van der Waals surface area contributed by atoms with Crippen LogP contribution in [0.3, 0.4) is 0 Å². The summed E-state index contributed by atoms with van der Waals surface area (Å²) in [6.45, 7) is 2.22. The quantitative estimate of drug-likeness (QED) is 0.589. The Hall–Kier alpha value is -2.25. The normalized spacial score (nSPS) is 17.9. The lowest BCUT2D eigenvalue weighted by atomic mass is 9.84. The second kappa shape index (κ2) is 8.84. The summed E-state index contributed by atoms with van der Waals surface area (Å²) >= 11 is 0. The number of alkyl halides is 3. The highest BCUT2D eigenvalue weighted by Crippen LogP contribution is 2.39. The highest BCUT2D eigenvalue weighted by Gasteiger charge is 2.42. The van der Waals surface area contributed by atoms with E-state index in [2.05, 4.69) is 15.6 Å². The molecule has 0 bridgehead atoms. The molecule has 5 nitrogen and oxygen atoms in total. The standard InChI is InChI=1S/C20H29F3N4O/c1-14(15-8-7-9-16(12-15)20(21,22)23)26-18(24-2)25-13-19(10-5-6-11-19)17(28)27(3)4/h7-9,12,14H,5-6,10-11,13H2,1-4H3,(H2,24,25,26). The van der Waals surface area contributed by atoms with Gasteiger partial charge in [0.25, 0.3) is 0 Å². The van der Waals surface area contributed by atoms with E-state index in [4.69, 9.17) is 0 Å². The fourth-order valence-corrected chi connectivity index (χ4v) is 3.71. The monoisotopic (exact) mass is 398 g/mol. The number of rotatable bonds is 5. The lowest BCUT2D eigenvalue weighted by Crippen LogP contribution is -2.49. The van der Waals surface area contributed by atoms with Gasteiger partial charge in [-0.2, -0.15) is 13.2 Å². The third kappa shape index (κ3) is 5.17. The molecule has 1 aromatic carbocycles. The first-order valence-corrected chi connectivity index (χ1v) is 9.45. The molecular formula is C20H29F3N4O. The molecule has 1 aliphatic carbocycles. The molecule has 1 amide bonds. The molecule has 2 rings (SSSR count). The SMILES string of the molecule is CN=C(NCC1(C(=O)N(C)C)CCCC1)NC(C)c1cccc(C(F)(F)F)c1. The molecular weight excluding hydrogens is 369 g/mol. The first-order valence-electron chi connectivity index (χ1n) is 9.45. The number of hydrogen-bond donors (Lipinski definition) is 2. The molecule has 1 aromatic rings. The van der Waals surface area contributed by atoms with Gasteiger partial charge < -0.3 is 15.5 Å². The number of guanidine groups is 1. The van der Waals surface area contributed by atoms with E-state index >= 15 is 0 Å². The van der Waals surface area contributed by atoms with Crippen molar-refractivity contribution in [3.8, 4) is 0 Å². The predicted molar refractivity (Wildman–Crippen MR) is 104 cm³/mol. The summed E-state index contributed by atoms with van der Waals surface area (Å²) in [5.74, 6) is 0.557. The van der Waals surface area contributed by atoms with E-state index < -0.39 is 17.2 Å². The number of halogens is 3. The van der Waals surface area contributed by atoms with Crippen molar-refractivity contribution < 1.29 is 18.0 Å². The van der Waals surface area contributed by atoms with Crippen LogP contribution in [0.2, 0.25) is 0 Å². The van der Waals surface area contributed by atoms with Gasteiger partial charge in [-0.15, -0.1) is 0 Å². The van der Waals surface area contributed by atoms with E-state index in [0.717, 1.165) is 37.8 Å². The second-order valence-electron chi connectivity index (χ2n) is 7.60. The number of aliphatic imine (C=N–C) groups is 1. The van der Waals surface area contributed by atoms with Gasteiger partial charge in [0.2, 0.25) is 5.91 Å². The topological polar surface area (TPSA) is 56.7 Å². The molecule has 0 aliphatic heterocycles. The van der Waals surface area contributed by atoms with Crippen molar-refractivity contribution in [1.82, 2.24) is 15.5 Å². The van der Waals surface area contributed by atoms with E-state index in [1.165, 1.54) is 6.07 Å².